The first kappa shape index (κ1) is 18.0. The Morgan fingerprint density at radius 3 is 2.30 bits per heavy atom. The fraction of sp³-hybridized carbons (Fsp3) is 1.00. The van der Waals surface area contributed by atoms with Crippen molar-refractivity contribution in [3.05, 3.63) is 0 Å². The van der Waals surface area contributed by atoms with Gasteiger partial charge in [-0.15, -0.1) is 0 Å². The lowest BCUT2D eigenvalue weighted by Gasteiger charge is -2.43. The molecule has 1 saturated carbocycles. The van der Waals surface area contributed by atoms with Crippen LogP contribution in [0.2, 0.25) is 0 Å². The topological polar surface area (TPSA) is 15.3 Å². The fourth-order valence-corrected chi connectivity index (χ4v) is 3.70. The molecule has 0 aliphatic heterocycles. The van der Waals surface area contributed by atoms with E-state index in [1.807, 2.05) is 0 Å². The molecule has 0 amide bonds. The van der Waals surface area contributed by atoms with Crippen LogP contribution in [-0.4, -0.2) is 37.6 Å². The van der Waals surface area contributed by atoms with Crippen LogP contribution in [0.3, 0.4) is 0 Å². The predicted octanol–water partition coefficient (Wildman–Crippen LogP) is 4.16. The quantitative estimate of drug-likeness (QED) is 0.719. The highest BCUT2D eigenvalue weighted by molar-refractivity contribution is 4.89. The van der Waals surface area contributed by atoms with Crippen LogP contribution >= 0.6 is 0 Å². The summed E-state index contributed by atoms with van der Waals surface area (Å²) in [5.74, 6) is 1.73. The fourth-order valence-electron chi connectivity index (χ4n) is 3.70. The lowest BCUT2D eigenvalue weighted by molar-refractivity contribution is 0.0776. The van der Waals surface area contributed by atoms with Crippen LogP contribution in [0.25, 0.3) is 0 Å². The monoisotopic (exact) mass is 282 g/mol. The molecule has 2 nitrogen and oxygen atoms in total. The maximum Gasteiger partial charge on any atom is 0.00665 e. The van der Waals surface area contributed by atoms with Crippen LogP contribution in [0.1, 0.15) is 66.7 Å². The first-order valence-corrected chi connectivity index (χ1v) is 8.79. The van der Waals surface area contributed by atoms with E-state index in [4.69, 9.17) is 0 Å². The van der Waals surface area contributed by atoms with Gasteiger partial charge in [-0.05, 0) is 57.0 Å². The smallest absolute Gasteiger partial charge is 0.00665 e. The second kappa shape index (κ2) is 8.38. The average Bonchev–Trinajstić information content (AvgIpc) is 2.39. The molecule has 1 rings (SSSR count). The minimum Gasteiger partial charge on any atom is -0.316 e. The molecule has 0 spiro atoms. The molecule has 1 fully saturated rings. The standard InChI is InChI=1S/C18H38N2/c1-7-19-13-18(10-8-16(4)9-11-18)14-20(6)17(5)12-15(2)3/h15-17,19H,7-14H2,1-6H3. The molecule has 0 heterocycles. The molecule has 1 unspecified atom stereocenters. The zero-order valence-corrected chi connectivity index (χ0v) is 14.8. The van der Waals surface area contributed by atoms with Crippen molar-refractivity contribution in [2.24, 2.45) is 17.3 Å². The van der Waals surface area contributed by atoms with Gasteiger partial charge < -0.3 is 10.2 Å². The lowest BCUT2D eigenvalue weighted by Crippen LogP contribution is -2.47. The summed E-state index contributed by atoms with van der Waals surface area (Å²) >= 11 is 0. The molecule has 0 radical (unpaired) electrons. The zero-order valence-electron chi connectivity index (χ0n) is 14.8. The second-order valence-corrected chi connectivity index (χ2v) is 7.86. The van der Waals surface area contributed by atoms with E-state index in [0.717, 1.165) is 18.4 Å². The van der Waals surface area contributed by atoms with Gasteiger partial charge in [0, 0.05) is 19.1 Å². The van der Waals surface area contributed by atoms with Crippen molar-refractivity contribution in [2.45, 2.75) is 72.8 Å². The molecule has 2 heteroatoms. The van der Waals surface area contributed by atoms with E-state index < -0.39 is 0 Å². The Morgan fingerprint density at radius 1 is 1.20 bits per heavy atom. The SMILES string of the molecule is CCNCC1(CN(C)C(C)CC(C)C)CCC(C)CC1. The molecule has 20 heavy (non-hydrogen) atoms. The van der Waals surface area contributed by atoms with Crippen LogP contribution in [0.5, 0.6) is 0 Å². The lowest BCUT2D eigenvalue weighted by atomic mass is 9.70. The van der Waals surface area contributed by atoms with Gasteiger partial charge in [-0.2, -0.15) is 0 Å². The van der Waals surface area contributed by atoms with Gasteiger partial charge in [-0.1, -0.05) is 40.5 Å². The molecule has 120 valence electrons. The maximum absolute atomic E-state index is 3.63. The molecule has 0 aromatic carbocycles. The van der Waals surface area contributed by atoms with E-state index in [0.29, 0.717) is 11.5 Å². The summed E-state index contributed by atoms with van der Waals surface area (Å²) in [6.07, 6.45) is 6.94. The highest BCUT2D eigenvalue weighted by atomic mass is 15.1. The van der Waals surface area contributed by atoms with E-state index in [1.54, 1.807) is 0 Å². The Balaban J connectivity index is 2.59. The summed E-state index contributed by atoms with van der Waals surface area (Å²) in [7, 11) is 2.33. The van der Waals surface area contributed by atoms with E-state index in [2.05, 4.69) is 51.9 Å². The third kappa shape index (κ3) is 5.73. The van der Waals surface area contributed by atoms with Crippen molar-refractivity contribution < 1.29 is 0 Å². The highest BCUT2D eigenvalue weighted by Gasteiger charge is 2.35. The van der Waals surface area contributed by atoms with Gasteiger partial charge in [0.05, 0.1) is 0 Å². The predicted molar refractivity (Wildman–Crippen MR) is 90.2 cm³/mol. The van der Waals surface area contributed by atoms with Crippen molar-refractivity contribution in [3.8, 4) is 0 Å². The van der Waals surface area contributed by atoms with E-state index >= 15 is 0 Å². The number of nitrogens with zero attached hydrogens (tertiary/aromatic N) is 1. The number of nitrogens with one attached hydrogen (secondary N) is 1. The molecule has 1 atom stereocenters. The molecule has 0 aromatic rings. The van der Waals surface area contributed by atoms with Crippen molar-refractivity contribution in [1.29, 1.82) is 0 Å². The third-order valence-electron chi connectivity index (χ3n) is 5.23. The minimum absolute atomic E-state index is 0.516. The summed E-state index contributed by atoms with van der Waals surface area (Å²) in [5.41, 5.74) is 0.516. The van der Waals surface area contributed by atoms with Crippen LogP contribution in [0.4, 0.5) is 0 Å². The largest absolute Gasteiger partial charge is 0.316 e. The zero-order chi connectivity index (χ0) is 15.2. The molecule has 1 aliphatic carbocycles. The molecule has 1 aliphatic rings. The van der Waals surface area contributed by atoms with Crippen molar-refractivity contribution in [1.82, 2.24) is 10.2 Å². The third-order valence-corrected chi connectivity index (χ3v) is 5.23. The minimum atomic E-state index is 0.516. The summed E-state index contributed by atoms with van der Waals surface area (Å²) < 4.78 is 0. The molecule has 0 saturated heterocycles. The van der Waals surface area contributed by atoms with Crippen LogP contribution in [-0.2, 0) is 0 Å². The Kier molecular flexibility index (Phi) is 7.53. The normalized spacial score (nSPS) is 29.1. The molecule has 1 N–H and O–H groups in total. The van der Waals surface area contributed by atoms with Gasteiger partial charge in [0.25, 0.3) is 0 Å². The number of hydrogen-bond acceptors (Lipinski definition) is 2. The van der Waals surface area contributed by atoms with E-state index in [-0.39, 0.29) is 0 Å². The first-order valence-electron chi connectivity index (χ1n) is 8.79. The molecular formula is C18H38N2. The summed E-state index contributed by atoms with van der Waals surface area (Å²) in [5, 5.41) is 3.63. The van der Waals surface area contributed by atoms with Crippen molar-refractivity contribution in [2.75, 3.05) is 26.7 Å². The van der Waals surface area contributed by atoms with Gasteiger partial charge in [-0.3, -0.25) is 0 Å². The van der Waals surface area contributed by atoms with Crippen molar-refractivity contribution >= 4 is 0 Å². The van der Waals surface area contributed by atoms with Crippen LogP contribution in [0.15, 0.2) is 0 Å². The Labute approximate surface area is 127 Å². The Morgan fingerprint density at radius 2 is 1.80 bits per heavy atom. The van der Waals surface area contributed by atoms with E-state index in [1.165, 1.54) is 45.2 Å². The van der Waals surface area contributed by atoms with Gasteiger partial charge in [0.1, 0.15) is 0 Å². The van der Waals surface area contributed by atoms with Gasteiger partial charge in [0.2, 0.25) is 0 Å². The molecule has 0 aromatic heterocycles. The summed E-state index contributed by atoms with van der Waals surface area (Å²) in [4.78, 5) is 2.62. The molecule has 0 bridgehead atoms. The van der Waals surface area contributed by atoms with Gasteiger partial charge in [-0.25, -0.2) is 0 Å². The Hall–Kier alpha value is -0.0800. The average molecular weight is 283 g/mol. The molecular weight excluding hydrogens is 244 g/mol. The summed E-state index contributed by atoms with van der Waals surface area (Å²) in [6.45, 7) is 15.3. The van der Waals surface area contributed by atoms with Gasteiger partial charge in [0.15, 0.2) is 0 Å². The van der Waals surface area contributed by atoms with Crippen LogP contribution in [0, 0.1) is 17.3 Å². The van der Waals surface area contributed by atoms with Crippen molar-refractivity contribution in [3.63, 3.8) is 0 Å². The Bertz CT molecular complexity index is 249. The number of hydrogen-bond donors (Lipinski definition) is 1. The van der Waals surface area contributed by atoms with Crippen LogP contribution < -0.4 is 5.32 Å². The first-order chi connectivity index (χ1) is 9.38. The highest BCUT2D eigenvalue weighted by Crippen LogP contribution is 2.39. The van der Waals surface area contributed by atoms with Gasteiger partial charge >= 0.3 is 0 Å². The maximum atomic E-state index is 3.63. The van der Waals surface area contributed by atoms with E-state index in [9.17, 15) is 0 Å². The summed E-state index contributed by atoms with van der Waals surface area (Å²) in [6, 6.07) is 0.702. The second-order valence-electron chi connectivity index (χ2n) is 7.86. The number of rotatable bonds is 8.